The number of carbonyl (C=O) groups excluding carboxylic acids is 2. The van der Waals surface area contributed by atoms with Gasteiger partial charge in [0.1, 0.15) is 5.75 Å². The number of halogens is 1. The number of benzene rings is 2. The van der Waals surface area contributed by atoms with Gasteiger partial charge in [0.25, 0.3) is 11.1 Å². The number of carboxylic acid groups (broad SMARTS) is 1. The summed E-state index contributed by atoms with van der Waals surface area (Å²) in [6.45, 7) is 0.00639. The second-order valence-electron chi connectivity index (χ2n) is 5.52. The maximum atomic E-state index is 12.7. The van der Waals surface area contributed by atoms with Crippen molar-refractivity contribution in [2.45, 2.75) is 6.42 Å². The van der Waals surface area contributed by atoms with Crippen molar-refractivity contribution in [3.8, 4) is 5.75 Å². The van der Waals surface area contributed by atoms with Crippen LogP contribution in [0, 0.1) is 0 Å². The number of aliphatic carboxylic acids is 1. The molecule has 0 bridgehead atoms. The zero-order valence-corrected chi connectivity index (χ0v) is 15.5. The standard InChI is InChI=1S/C19H14ClNO5S/c20-13-5-7-14(8-6-13)21-18(24)16(27-19(21)25)11-12-3-1-2-4-15(12)26-10-9-17(22)23/h1-8,11H,9-10H2,(H,22,23)/b16-11+. The van der Waals surface area contributed by atoms with Crippen LogP contribution in [0.15, 0.2) is 53.4 Å². The third-order valence-electron chi connectivity index (χ3n) is 3.66. The molecule has 6 nitrogen and oxygen atoms in total. The molecule has 1 heterocycles. The molecule has 1 aliphatic heterocycles. The summed E-state index contributed by atoms with van der Waals surface area (Å²) < 4.78 is 5.49. The van der Waals surface area contributed by atoms with Crippen molar-refractivity contribution in [1.29, 1.82) is 0 Å². The first-order chi connectivity index (χ1) is 13.0. The maximum Gasteiger partial charge on any atom is 0.306 e. The van der Waals surface area contributed by atoms with Crippen LogP contribution in [0.25, 0.3) is 6.08 Å². The largest absolute Gasteiger partial charge is 0.492 e. The van der Waals surface area contributed by atoms with Gasteiger partial charge in [0.05, 0.1) is 23.6 Å². The Morgan fingerprint density at radius 1 is 1.15 bits per heavy atom. The van der Waals surface area contributed by atoms with E-state index in [-0.39, 0.29) is 17.9 Å². The van der Waals surface area contributed by atoms with Gasteiger partial charge >= 0.3 is 5.97 Å². The van der Waals surface area contributed by atoms with Crippen LogP contribution in [-0.4, -0.2) is 28.8 Å². The zero-order chi connectivity index (χ0) is 19.4. The highest BCUT2D eigenvalue weighted by Crippen LogP contribution is 2.37. The molecule has 0 radical (unpaired) electrons. The lowest BCUT2D eigenvalue weighted by molar-refractivity contribution is -0.137. The number of imide groups is 1. The van der Waals surface area contributed by atoms with Crippen molar-refractivity contribution < 1.29 is 24.2 Å². The minimum atomic E-state index is -0.962. The fourth-order valence-electron chi connectivity index (χ4n) is 2.40. The van der Waals surface area contributed by atoms with Crippen LogP contribution in [0.3, 0.4) is 0 Å². The average Bonchev–Trinajstić information content (AvgIpc) is 2.91. The van der Waals surface area contributed by atoms with E-state index in [4.69, 9.17) is 21.4 Å². The van der Waals surface area contributed by atoms with Gasteiger partial charge in [-0.1, -0.05) is 29.8 Å². The van der Waals surface area contributed by atoms with Gasteiger partial charge in [-0.2, -0.15) is 0 Å². The smallest absolute Gasteiger partial charge is 0.306 e. The molecule has 1 aliphatic rings. The number of nitrogens with zero attached hydrogens (tertiary/aromatic N) is 1. The third kappa shape index (κ3) is 4.50. The van der Waals surface area contributed by atoms with E-state index >= 15 is 0 Å². The molecule has 27 heavy (non-hydrogen) atoms. The highest BCUT2D eigenvalue weighted by atomic mass is 35.5. The van der Waals surface area contributed by atoms with Crippen molar-refractivity contribution in [3.05, 3.63) is 64.0 Å². The Balaban J connectivity index is 1.84. The normalized spacial score (nSPS) is 15.4. The number of hydrogen-bond acceptors (Lipinski definition) is 5. The summed E-state index contributed by atoms with van der Waals surface area (Å²) in [7, 11) is 0. The second kappa shape index (κ2) is 8.28. The van der Waals surface area contributed by atoms with E-state index in [1.165, 1.54) is 0 Å². The molecule has 0 spiro atoms. The molecule has 3 rings (SSSR count). The van der Waals surface area contributed by atoms with Crippen molar-refractivity contribution in [2.24, 2.45) is 0 Å². The molecule has 1 fully saturated rings. The van der Waals surface area contributed by atoms with Gasteiger partial charge in [0, 0.05) is 10.6 Å². The highest BCUT2D eigenvalue weighted by molar-refractivity contribution is 8.19. The van der Waals surface area contributed by atoms with E-state index in [2.05, 4.69) is 0 Å². The van der Waals surface area contributed by atoms with Gasteiger partial charge < -0.3 is 9.84 Å². The Morgan fingerprint density at radius 2 is 1.85 bits per heavy atom. The second-order valence-corrected chi connectivity index (χ2v) is 6.95. The van der Waals surface area contributed by atoms with Gasteiger partial charge in [0.2, 0.25) is 0 Å². The van der Waals surface area contributed by atoms with Crippen LogP contribution in [0.2, 0.25) is 5.02 Å². The molecular weight excluding hydrogens is 390 g/mol. The third-order valence-corrected chi connectivity index (χ3v) is 4.78. The molecule has 1 N–H and O–H groups in total. The fraction of sp³-hybridized carbons (Fsp3) is 0.105. The van der Waals surface area contributed by atoms with Crippen molar-refractivity contribution in [3.63, 3.8) is 0 Å². The van der Waals surface area contributed by atoms with Gasteiger partial charge in [0.15, 0.2) is 0 Å². The molecule has 0 saturated carbocycles. The van der Waals surface area contributed by atoms with Crippen LogP contribution in [0.4, 0.5) is 10.5 Å². The lowest BCUT2D eigenvalue weighted by Gasteiger charge is -2.12. The molecule has 8 heteroatoms. The number of carboxylic acids is 1. The van der Waals surface area contributed by atoms with Gasteiger partial charge in [-0.05, 0) is 48.2 Å². The molecule has 2 amide bonds. The summed E-state index contributed by atoms with van der Waals surface area (Å²) in [5.41, 5.74) is 1.03. The number of carbonyl (C=O) groups is 3. The number of anilines is 1. The molecule has 1 saturated heterocycles. The number of rotatable bonds is 6. The monoisotopic (exact) mass is 403 g/mol. The lowest BCUT2D eigenvalue weighted by Crippen LogP contribution is -2.27. The summed E-state index contributed by atoms with van der Waals surface area (Å²) in [6.07, 6.45) is 1.43. The Morgan fingerprint density at radius 3 is 2.56 bits per heavy atom. The Bertz CT molecular complexity index is 926. The van der Waals surface area contributed by atoms with E-state index in [9.17, 15) is 14.4 Å². The predicted molar refractivity (Wildman–Crippen MR) is 104 cm³/mol. The first-order valence-electron chi connectivity index (χ1n) is 7.93. The lowest BCUT2D eigenvalue weighted by atomic mass is 10.2. The first kappa shape index (κ1) is 19.0. The van der Waals surface area contributed by atoms with Gasteiger partial charge in [-0.3, -0.25) is 14.4 Å². The van der Waals surface area contributed by atoms with Crippen LogP contribution < -0.4 is 9.64 Å². The van der Waals surface area contributed by atoms with Crippen LogP contribution in [0.5, 0.6) is 5.75 Å². The van der Waals surface area contributed by atoms with Gasteiger partial charge in [-0.25, -0.2) is 4.90 Å². The number of thioether (sulfide) groups is 1. The van der Waals surface area contributed by atoms with Crippen LogP contribution in [0.1, 0.15) is 12.0 Å². The van der Waals surface area contributed by atoms with Crippen molar-refractivity contribution in [1.82, 2.24) is 0 Å². The molecule has 2 aromatic rings. The van der Waals surface area contributed by atoms with E-state index in [1.54, 1.807) is 54.6 Å². The number of amides is 2. The minimum absolute atomic E-state index is 0.00639. The molecule has 2 aromatic carbocycles. The summed E-state index contributed by atoms with van der Waals surface area (Å²) in [5, 5.41) is 8.82. The fourth-order valence-corrected chi connectivity index (χ4v) is 3.36. The molecule has 0 atom stereocenters. The topological polar surface area (TPSA) is 83.9 Å². The molecular formula is C19H14ClNO5S. The number of ether oxygens (including phenoxy) is 1. The number of para-hydroxylation sites is 1. The highest BCUT2D eigenvalue weighted by Gasteiger charge is 2.36. The maximum absolute atomic E-state index is 12.7. The molecule has 138 valence electrons. The quantitative estimate of drug-likeness (QED) is 0.718. The van der Waals surface area contributed by atoms with E-state index < -0.39 is 17.1 Å². The van der Waals surface area contributed by atoms with E-state index in [0.29, 0.717) is 22.0 Å². The van der Waals surface area contributed by atoms with Crippen molar-refractivity contribution >= 4 is 52.2 Å². The SMILES string of the molecule is O=C(O)CCOc1ccccc1/C=C1/SC(=O)N(c2ccc(Cl)cc2)C1=O. The van der Waals surface area contributed by atoms with E-state index in [0.717, 1.165) is 16.7 Å². The Hall–Kier alpha value is -2.77. The summed E-state index contributed by atoms with van der Waals surface area (Å²) in [4.78, 5) is 37.0. The molecule has 0 aliphatic carbocycles. The number of hydrogen-bond donors (Lipinski definition) is 1. The molecule has 0 aromatic heterocycles. The van der Waals surface area contributed by atoms with Crippen molar-refractivity contribution in [2.75, 3.05) is 11.5 Å². The molecule has 0 unspecified atom stereocenters. The summed E-state index contributed by atoms with van der Waals surface area (Å²) in [5.74, 6) is -0.957. The van der Waals surface area contributed by atoms with Crippen LogP contribution >= 0.6 is 23.4 Å². The average molecular weight is 404 g/mol. The summed E-state index contributed by atoms with van der Waals surface area (Å²) in [6, 6.07) is 13.3. The van der Waals surface area contributed by atoms with E-state index in [1.807, 2.05) is 0 Å². The Labute approximate surface area is 164 Å². The minimum Gasteiger partial charge on any atom is -0.492 e. The predicted octanol–water partition coefficient (Wildman–Crippen LogP) is 4.43. The Kier molecular flexibility index (Phi) is 5.83. The summed E-state index contributed by atoms with van der Waals surface area (Å²) >= 11 is 6.68. The first-order valence-corrected chi connectivity index (χ1v) is 9.12. The van der Waals surface area contributed by atoms with Crippen LogP contribution in [-0.2, 0) is 9.59 Å². The van der Waals surface area contributed by atoms with Gasteiger partial charge in [-0.15, -0.1) is 0 Å². The zero-order valence-electron chi connectivity index (χ0n) is 13.9.